The summed E-state index contributed by atoms with van der Waals surface area (Å²) >= 11 is 0. The molecule has 1 heterocycles. The molecule has 7 rings (SSSR count). The van der Waals surface area contributed by atoms with Gasteiger partial charge in [-0.2, -0.15) is 0 Å². The molecule has 1 spiro atoms. The highest BCUT2D eigenvalue weighted by Crippen LogP contribution is 2.84. The minimum absolute atomic E-state index is 0.0282. The van der Waals surface area contributed by atoms with Gasteiger partial charge in [0.15, 0.2) is 0 Å². The van der Waals surface area contributed by atoms with Gasteiger partial charge in [0.2, 0.25) is 0 Å². The van der Waals surface area contributed by atoms with Gasteiger partial charge in [-0.15, -0.1) is 0 Å². The maximum absolute atomic E-state index is 11.8. The maximum Gasteiger partial charge on any atom is 0.100 e. The quantitative estimate of drug-likeness (QED) is 0.664. The SMILES string of the molecule is C[C@]12CCC3C(C4C[C@H]4[C@]4(O)C[C@@H](O)CC[C@]34C)C1C1C[C@@H]1[C@@]21CO1. The van der Waals surface area contributed by atoms with Gasteiger partial charge in [-0.1, -0.05) is 13.8 Å². The van der Waals surface area contributed by atoms with Crippen LogP contribution in [0.15, 0.2) is 0 Å². The fraction of sp³-hybridized carbons (Fsp3) is 1.00. The average Bonchev–Trinajstić information content (AvgIpc) is 3.42. The Bertz CT molecular complexity index is 672. The highest BCUT2D eigenvalue weighted by molar-refractivity contribution is 5.32. The van der Waals surface area contributed by atoms with Gasteiger partial charge in [0.25, 0.3) is 0 Å². The number of epoxide rings is 1. The Morgan fingerprint density at radius 1 is 0.920 bits per heavy atom. The van der Waals surface area contributed by atoms with Crippen LogP contribution in [0.3, 0.4) is 0 Å². The van der Waals surface area contributed by atoms with Crippen LogP contribution >= 0.6 is 0 Å². The molecule has 0 amide bonds. The smallest absolute Gasteiger partial charge is 0.100 e. The van der Waals surface area contributed by atoms with Crippen molar-refractivity contribution in [3.63, 3.8) is 0 Å². The zero-order chi connectivity index (χ0) is 17.0. The summed E-state index contributed by atoms with van der Waals surface area (Å²) in [5, 5.41) is 22.1. The molecular weight excluding hydrogens is 312 g/mol. The number of rotatable bonds is 0. The molecule has 5 unspecified atom stereocenters. The molecule has 6 saturated carbocycles. The fourth-order valence-corrected chi connectivity index (χ4v) is 9.89. The third-order valence-corrected chi connectivity index (χ3v) is 11.2. The molecule has 3 nitrogen and oxygen atoms in total. The molecule has 1 saturated heterocycles. The van der Waals surface area contributed by atoms with Crippen molar-refractivity contribution >= 4 is 0 Å². The third kappa shape index (κ3) is 1.35. The lowest BCUT2D eigenvalue weighted by Gasteiger charge is -2.64. The van der Waals surface area contributed by atoms with Crippen molar-refractivity contribution in [2.75, 3.05) is 6.61 Å². The summed E-state index contributed by atoms with van der Waals surface area (Å²) in [6.07, 6.45) is 7.48. The van der Waals surface area contributed by atoms with Crippen molar-refractivity contribution in [3.8, 4) is 0 Å². The molecule has 0 aromatic heterocycles. The van der Waals surface area contributed by atoms with Crippen LogP contribution in [0.4, 0.5) is 0 Å². The lowest BCUT2D eigenvalue weighted by Crippen LogP contribution is -2.65. The molecule has 0 aromatic rings. The van der Waals surface area contributed by atoms with Crippen LogP contribution in [0.1, 0.15) is 58.8 Å². The molecular formula is C22H32O3. The van der Waals surface area contributed by atoms with Gasteiger partial charge in [0.1, 0.15) is 5.60 Å². The van der Waals surface area contributed by atoms with E-state index in [0.29, 0.717) is 23.7 Å². The monoisotopic (exact) mass is 344 g/mol. The molecule has 1 aliphatic heterocycles. The van der Waals surface area contributed by atoms with Crippen molar-refractivity contribution in [2.45, 2.75) is 76.1 Å². The van der Waals surface area contributed by atoms with Crippen LogP contribution in [-0.4, -0.2) is 34.1 Å². The topological polar surface area (TPSA) is 53.0 Å². The van der Waals surface area contributed by atoms with Crippen LogP contribution in [0.25, 0.3) is 0 Å². The summed E-state index contributed by atoms with van der Waals surface area (Å²) in [6.45, 7) is 5.99. The van der Waals surface area contributed by atoms with Gasteiger partial charge in [-0.3, -0.25) is 0 Å². The zero-order valence-corrected chi connectivity index (χ0v) is 15.6. The van der Waals surface area contributed by atoms with E-state index in [1.165, 1.54) is 25.7 Å². The van der Waals surface area contributed by atoms with Crippen LogP contribution in [0, 0.1) is 52.3 Å². The Kier molecular flexibility index (Phi) is 2.30. The predicted molar refractivity (Wildman–Crippen MR) is 92.6 cm³/mol. The molecule has 3 heteroatoms. The number of fused-ring (bicyclic) bond motifs is 12. The minimum Gasteiger partial charge on any atom is -0.393 e. The number of ether oxygens (including phenoxy) is 1. The Labute approximate surface area is 150 Å². The Hall–Kier alpha value is -0.120. The molecule has 25 heavy (non-hydrogen) atoms. The van der Waals surface area contributed by atoms with Crippen molar-refractivity contribution in [1.82, 2.24) is 0 Å². The molecule has 0 radical (unpaired) electrons. The summed E-state index contributed by atoms with van der Waals surface area (Å²) in [5.41, 5.74) is 0.101. The van der Waals surface area contributed by atoms with Crippen LogP contribution in [0.5, 0.6) is 0 Å². The molecule has 7 aliphatic rings. The van der Waals surface area contributed by atoms with Crippen molar-refractivity contribution in [3.05, 3.63) is 0 Å². The Morgan fingerprint density at radius 3 is 2.40 bits per heavy atom. The Balaban J connectivity index is 1.34. The second-order valence-corrected chi connectivity index (χ2v) is 11.6. The van der Waals surface area contributed by atoms with E-state index in [4.69, 9.17) is 4.74 Å². The lowest BCUT2D eigenvalue weighted by atomic mass is 9.42. The van der Waals surface area contributed by atoms with Crippen molar-refractivity contribution in [1.29, 1.82) is 0 Å². The number of hydrogen-bond donors (Lipinski definition) is 2. The summed E-state index contributed by atoms with van der Waals surface area (Å²) in [6, 6.07) is 0. The van der Waals surface area contributed by atoms with E-state index in [-0.39, 0.29) is 17.1 Å². The third-order valence-electron chi connectivity index (χ3n) is 11.2. The number of aliphatic hydroxyl groups is 2. The number of hydrogen-bond acceptors (Lipinski definition) is 3. The second-order valence-electron chi connectivity index (χ2n) is 11.6. The standard InChI is InChI=1S/C22H32O3/c1-19-5-3-11(23)9-21(19,24)15-7-12(15)17-14(19)4-6-20(2)18(17)13-8-16(13)22(20)10-25-22/h11-18,23-24H,3-10H2,1-2H3/t11-,12?,13?,14?,15+,16-,17?,18?,19+,20-,21+,22-/m0/s1. The predicted octanol–water partition coefficient (Wildman–Crippen LogP) is 2.99. The van der Waals surface area contributed by atoms with Gasteiger partial charge in [-0.05, 0) is 85.4 Å². The van der Waals surface area contributed by atoms with E-state index < -0.39 is 5.60 Å². The highest BCUT2D eigenvalue weighted by Gasteiger charge is 2.84. The first kappa shape index (κ1) is 14.9. The van der Waals surface area contributed by atoms with E-state index in [1.807, 2.05) is 0 Å². The first-order valence-electron chi connectivity index (χ1n) is 10.9. The first-order valence-corrected chi connectivity index (χ1v) is 10.9. The van der Waals surface area contributed by atoms with Gasteiger partial charge in [-0.25, -0.2) is 0 Å². The summed E-state index contributed by atoms with van der Waals surface area (Å²) in [5.74, 6) is 5.32. The molecule has 138 valence electrons. The van der Waals surface area contributed by atoms with E-state index >= 15 is 0 Å². The lowest BCUT2D eigenvalue weighted by molar-refractivity contribution is -0.228. The molecule has 12 atom stereocenters. The summed E-state index contributed by atoms with van der Waals surface area (Å²) in [4.78, 5) is 0. The molecule has 0 aromatic carbocycles. The normalized spacial score (nSPS) is 74.4. The first-order chi connectivity index (χ1) is 11.9. The van der Waals surface area contributed by atoms with E-state index in [1.54, 1.807) is 0 Å². The second kappa shape index (κ2) is 3.86. The molecule has 6 aliphatic carbocycles. The molecule has 0 bridgehead atoms. The Morgan fingerprint density at radius 2 is 1.64 bits per heavy atom. The van der Waals surface area contributed by atoms with Crippen molar-refractivity contribution in [2.24, 2.45) is 52.3 Å². The van der Waals surface area contributed by atoms with E-state index in [9.17, 15) is 10.2 Å². The maximum atomic E-state index is 11.8. The fourth-order valence-electron chi connectivity index (χ4n) is 9.89. The van der Waals surface area contributed by atoms with Gasteiger partial charge in [0, 0.05) is 11.8 Å². The van der Waals surface area contributed by atoms with Gasteiger partial charge >= 0.3 is 0 Å². The van der Waals surface area contributed by atoms with E-state index in [0.717, 1.165) is 49.0 Å². The molecule has 7 fully saturated rings. The van der Waals surface area contributed by atoms with Gasteiger partial charge < -0.3 is 14.9 Å². The number of aliphatic hydroxyl groups excluding tert-OH is 1. The average molecular weight is 344 g/mol. The summed E-state index contributed by atoms with van der Waals surface area (Å²) in [7, 11) is 0. The van der Waals surface area contributed by atoms with E-state index in [2.05, 4.69) is 13.8 Å². The summed E-state index contributed by atoms with van der Waals surface area (Å²) < 4.78 is 6.20. The minimum atomic E-state index is -0.598. The highest BCUT2D eigenvalue weighted by atomic mass is 16.6. The largest absolute Gasteiger partial charge is 0.393 e. The van der Waals surface area contributed by atoms with Crippen LogP contribution in [-0.2, 0) is 4.74 Å². The zero-order valence-electron chi connectivity index (χ0n) is 15.6. The van der Waals surface area contributed by atoms with Crippen LogP contribution < -0.4 is 0 Å². The van der Waals surface area contributed by atoms with Gasteiger partial charge in [0.05, 0.1) is 18.3 Å². The molecule has 2 N–H and O–H groups in total. The van der Waals surface area contributed by atoms with Crippen LogP contribution in [0.2, 0.25) is 0 Å². The van der Waals surface area contributed by atoms with Crippen molar-refractivity contribution < 1.29 is 14.9 Å².